The number of anilines is 1. The first kappa shape index (κ1) is 27.5. The Hall–Kier alpha value is -4.03. The molecule has 2 atom stereocenters. The fraction of sp³-hybridized carbons (Fsp3) is 0.259. The number of methoxy groups -OCH3 is 1. The van der Waals surface area contributed by atoms with Crippen LogP contribution in [-0.2, 0) is 14.8 Å². The summed E-state index contributed by atoms with van der Waals surface area (Å²) in [6.45, 7) is 0. The zero-order valence-corrected chi connectivity index (χ0v) is 23.1. The van der Waals surface area contributed by atoms with Gasteiger partial charge >= 0.3 is 0 Å². The fourth-order valence-corrected chi connectivity index (χ4v) is 6.64. The molecular weight excluding hydrogens is 561 g/mol. The van der Waals surface area contributed by atoms with E-state index in [4.69, 9.17) is 16.3 Å². The molecule has 0 saturated heterocycles. The first-order chi connectivity index (χ1) is 19.1. The average Bonchev–Trinajstić information content (AvgIpc) is 3.42. The standard InChI is InChI=1S/C27H25ClFN5O5S/c1-30-25(35)18-4-3-5-23(18)34-14-32-21-8-6-15(10-19(21)27(34)36)16-11-22(26(39-2)31-13-16)33-40(37,38)24-9-7-17(29)12-20(24)28/h6-14,18,23,33H,3-5H2,1-2H3,(H,30,35)/t18-,23?/m0/s1. The quantitative estimate of drug-likeness (QED) is 0.333. The molecule has 1 unspecified atom stereocenters. The van der Waals surface area contributed by atoms with Crippen LogP contribution < -0.4 is 20.3 Å². The minimum atomic E-state index is -4.23. The molecule has 4 aromatic rings. The van der Waals surface area contributed by atoms with Crippen molar-refractivity contribution in [1.82, 2.24) is 19.9 Å². The van der Waals surface area contributed by atoms with Crippen molar-refractivity contribution in [1.29, 1.82) is 0 Å². The molecule has 1 saturated carbocycles. The summed E-state index contributed by atoms with van der Waals surface area (Å²) >= 11 is 5.98. The normalized spacial score (nSPS) is 17.1. The number of sulfonamides is 1. The molecule has 10 nitrogen and oxygen atoms in total. The number of pyridine rings is 1. The van der Waals surface area contributed by atoms with E-state index in [0.29, 0.717) is 34.9 Å². The summed E-state index contributed by atoms with van der Waals surface area (Å²) in [4.78, 5) is 34.3. The lowest BCUT2D eigenvalue weighted by atomic mass is 10.0. The SMILES string of the molecule is CNC(=O)[C@H]1CCCC1n1cnc2ccc(-c3cnc(OC)c(NS(=O)(=O)c4ccc(F)cc4Cl)c3)cc2c1=O. The van der Waals surface area contributed by atoms with Gasteiger partial charge in [-0.1, -0.05) is 24.1 Å². The average molecular weight is 586 g/mol. The van der Waals surface area contributed by atoms with E-state index in [1.54, 1.807) is 25.2 Å². The lowest BCUT2D eigenvalue weighted by Gasteiger charge is -2.20. The zero-order chi connectivity index (χ0) is 28.6. The lowest BCUT2D eigenvalue weighted by molar-refractivity contribution is -0.125. The number of carbonyl (C=O) groups is 1. The van der Waals surface area contributed by atoms with Gasteiger partial charge in [-0.25, -0.2) is 22.8 Å². The van der Waals surface area contributed by atoms with Gasteiger partial charge in [0.15, 0.2) is 0 Å². The van der Waals surface area contributed by atoms with E-state index >= 15 is 0 Å². The monoisotopic (exact) mass is 585 g/mol. The number of rotatable bonds is 7. The number of aromatic nitrogens is 3. The van der Waals surface area contributed by atoms with Gasteiger partial charge in [-0.3, -0.25) is 18.9 Å². The summed E-state index contributed by atoms with van der Waals surface area (Å²) in [5.74, 6) is -1.10. The van der Waals surface area contributed by atoms with Crippen molar-refractivity contribution in [2.45, 2.75) is 30.2 Å². The Morgan fingerprint density at radius 3 is 2.65 bits per heavy atom. The van der Waals surface area contributed by atoms with Crippen molar-refractivity contribution >= 4 is 44.1 Å². The first-order valence-corrected chi connectivity index (χ1v) is 14.2. The molecule has 1 fully saturated rings. The number of benzene rings is 2. The second-order valence-electron chi connectivity index (χ2n) is 9.37. The highest BCUT2D eigenvalue weighted by atomic mass is 35.5. The number of hydrogen-bond acceptors (Lipinski definition) is 7. The molecule has 0 aliphatic heterocycles. The summed E-state index contributed by atoms with van der Waals surface area (Å²) in [6, 6.07) is 9.25. The van der Waals surface area contributed by atoms with E-state index in [-0.39, 0.29) is 44.9 Å². The first-order valence-electron chi connectivity index (χ1n) is 12.4. The third kappa shape index (κ3) is 5.11. The Morgan fingerprint density at radius 2 is 1.93 bits per heavy atom. The second-order valence-corrected chi connectivity index (χ2v) is 11.4. The van der Waals surface area contributed by atoms with Crippen LogP contribution in [-0.4, -0.2) is 43.0 Å². The predicted octanol–water partition coefficient (Wildman–Crippen LogP) is 4.15. The van der Waals surface area contributed by atoms with E-state index < -0.39 is 15.8 Å². The lowest BCUT2D eigenvalue weighted by Crippen LogP contribution is -2.35. The van der Waals surface area contributed by atoms with Crippen LogP contribution in [0.1, 0.15) is 25.3 Å². The highest BCUT2D eigenvalue weighted by molar-refractivity contribution is 7.92. The minimum absolute atomic E-state index is 0.00292. The Morgan fingerprint density at radius 1 is 1.12 bits per heavy atom. The van der Waals surface area contributed by atoms with Gasteiger partial charge in [-0.15, -0.1) is 0 Å². The Balaban J connectivity index is 1.54. The second kappa shape index (κ2) is 10.9. The van der Waals surface area contributed by atoms with Crippen LogP contribution in [0.4, 0.5) is 10.1 Å². The van der Waals surface area contributed by atoms with Crippen LogP contribution in [0.2, 0.25) is 5.02 Å². The molecule has 0 spiro atoms. The predicted molar refractivity (Wildman–Crippen MR) is 148 cm³/mol. The van der Waals surface area contributed by atoms with Gasteiger partial charge in [0.25, 0.3) is 15.6 Å². The van der Waals surface area contributed by atoms with E-state index in [2.05, 4.69) is 20.0 Å². The highest BCUT2D eigenvalue weighted by Gasteiger charge is 2.34. The number of amides is 1. The van der Waals surface area contributed by atoms with E-state index in [1.807, 2.05) is 0 Å². The molecule has 2 N–H and O–H groups in total. The number of nitrogens with one attached hydrogen (secondary N) is 2. The van der Waals surface area contributed by atoms with Crippen LogP contribution in [0.25, 0.3) is 22.0 Å². The third-order valence-corrected chi connectivity index (χ3v) is 8.86. The van der Waals surface area contributed by atoms with Crippen molar-refractivity contribution in [3.63, 3.8) is 0 Å². The molecule has 1 aliphatic carbocycles. The maximum atomic E-state index is 13.5. The summed E-state index contributed by atoms with van der Waals surface area (Å²) in [6.07, 6.45) is 5.17. The van der Waals surface area contributed by atoms with Gasteiger partial charge in [0.1, 0.15) is 16.4 Å². The third-order valence-electron chi connectivity index (χ3n) is 7.01. The molecular formula is C27H25ClFN5O5S. The van der Waals surface area contributed by atoms with Gasteiger partial charge in [-0.2, -0.15) is 0 Å². The summed E-state index contributed by atoms with van der Waals surface area (Å²) in [5, 5.41) is 2.74. The van der Waals surface area contributed by atoms with Gasteiger partial charge in [-0.05, 0) is 54.8 Å². The summed E-state index contributed by atoms with van der Waals surface area (Å²) in [7, 11) is -1.31. The number of ether oxygens (including phenoxy) is 1. The Kier molecular flexibility index (Phi) is 7.47. The summed E-state index contributed by atoms with van der Waals surface area (Å²) in [5.41, 5.74) is 1.29. The Bertz CT molecular complexity index is 1800. The topological polar surface area (TPSA) is 132 Å². The number of carbonyl (C=O) groups excluding carboxylic acids is 1. The smallest absolute Gasteiger partial charge is 0.263 e. The molecule has 2 aromatic heterocycles. The van der Waals surface area contributed by atoms with Crippen LogP contribution in [0.5, 0.6) is 5.88 Å². The maximum absolute atomic E-state index is 13.5. The molecule has 1 amide bonds. The van der Waals surface area contributed by atoms with E-state index in [1.165, 1.54) is 30.3 Å². The molecule has 2 aromatic carbocycles. The minimum Gasteiger partial charge on any atom is -0.480 e. The fourth-order valence-electron chi connectivity index (χ4n) is 5.06. The number of halogens is 2. The molecule has 2 heterocycles. The largest absolute Gasteiger partial charge is 0.480 e. The summed E-state index contributed by atoms with van der Waals surface area (Å²) < 4.78 is 48.7. The number of hydrogen-bond donors (Lipinski definition) is 2. The van der Waals surface area contributed by atoms with Crippen molar-refractivity contribution in [3.8, 4) is 17.0 Å². The van der Waals surface area contributed by atoms with Crippen molar-refractivity contribution < 1.29 is 22.3 Å². The maximum Gasteiger partial charge on any atom is 0.263 e. The van der Waals surface area contributed by atoms with Crippen LogP contribution >= 0.6 is 11.6 Å². The Labute approximate surface area is 234 Å². The molecule has 1 aliphatic rings. The van der Waals surface area contributed by atoms with Crippen LogP contribution in [0, 0.1) is 11.7 Å². The molecule has 40 heavy (non-hydrogen) atoms. The van der Waals surface area contributed by atoms with Crippen molar-refractivity contribution in [2.75, 3.05) is 18.9 Å². The van der Waals surface area contributed by atoms with E-state index in [9.17, 15) is 22.4 Å². The number of nitrogens with zero attached hydrogens (tertiary/aromatic N) is 3. The van der Waals surface area contributed by atoms with Crippen LogP contribution in [0.3, 0.4) is 0 Å². The highest BCUT2D eigenvalue weighted by Crippen LogP contribution is 2.36. The van der Waals surface area contributed by atoms with Gasteiger partial charge in [0.05, 0.1) is 35.3 Å². The molecule has 5 rings (SSSR count). The van der Waals surface area contributed by atoms with E-state index in [0.717, 1.165) is 24.6 Å². The zero-order valence-electron chi connectivity index (χ0n) is 21.5. The van der Waals surface area contributed by atoms with Gasteiger partial charge in [0.2, 0.25) is 11.8 Å². The van der Waals surface area contributed by atoms with Crippen LogP contribution in [0.15, 0.2) is 64.7 Å². The van der Waals surface area contributed by atoms with Gasteiger partial charge < -0.3 is 10.1 Å². The molecule has 208 valence electrons. The molecule has 13 heteroatoms. The van der Waals surface area contributed by atoms with Crippen molar-refractivity contribution in [2.24, 2.45) is 5.92 Å². The van der Waals surface area contributed by atoms with Gasteiger partial charge in [0, 0.05) is 24.8 Å². The van der Waals surface area contributed by atoms with Crippen molar-refractivity contribution in [3.05, 3.63) is 76.2 Å². The number of fused-ring (bicyclic) bond motifs is 1. The molecule has 0 radical (unpaired) electrons. The molecule has 0 bridgehead atoms.